The van der Waals surface area contributed by atoms with E-state index in [1.165, 1.54) is 4.90 Å². The summed E-state index contributed by atoms with van der Waals surface area (Å²) in [5.41, 5.74) is 0.788. The van der Waals surface area contributed by atoms with Crippen molar-refractivity contribution in [2.24, 2.45) is 0 Å². The molecule has 1 unspecified atom stereocenters. The molecule has 10 heteroatoms. The Morgan fingerprint density at radius 2 is 1.67 bits per heavy atom. The van der Waals surface area contributed by atoms with Crippen molar-refractivity contribution in [3.63, 3.8) is 0 Å². The summed E-state index contributed by atoms with van der Waals surface area (Å²) in [4.78, 5) is 25.4. The number of rotatable bonds is 15. The fourth-order valence-corrected chi connectivity index (χ4v) is 3.59. The summed E-state index contributed by atoms with van der Waals surface area (Å²) in [6.45, 7) is 3.54. The van der Waals surface area contributed by atoms with E-state index in [0.29, 0.717) is 24.5 Å². The Morgan fingerprint density at radius 1 is 1.03 bits per heavy atom. The summed E-state index contributed by atoms with van der Waals surface area (Å²) in [5.74, 6) is -2.84. The molecule has 0 heterocycles. The van der Waals surface area contributed by atoms with Crippen molar-refractivity contribution in [2.75, 3.05) is 26.3 Å². The first-order chi connectivity index (χ1) is 17.1. The van der Waals surface area contributed by atoms with Gasteiger partial charge in [-0.3, -0.25) is 0 Å². The minimum atomic E-state index is -2.74. The number of carbonyl (C=O) groups excluding carboxylic acids is 1. The van der Waals surface area contributed by atoms with Crippen LogP contribution in [0.25, 0.3) is 0 Å². The number of ether oxygens (including phenoxy) is 3. The number of carboxylic acids is 1. The molecule has 0 bridgehead atoms. The van der Waals surface area contributed by atoms with E-state index in [2.05, 4.69) is 15.9 Å². The van der Waals surface area contributed by atoms with E-state index in [-0.39, 0.29) is 39.0 Å². The summed E-state index contributed by atoms with van der Waals surface area (Å²) in [6, 6.07) is 13.7. The first-order valence-electron chi connectivity index (χ1n) is 11.7. The van der Waals surface area contributed by atoms with Crippen molar-refractivity contribution in [2.45, 2.75) is 51.6 Å². The Labute approximate surface area is 218 Å². The molecular formula is C26H32BrF2NO6. The molecule has 0 saturated heterocycles. The molecule has 1 N–H and O–H groups in total. The van der Waals surface area contributed by atoms with Crippen LogP contribution in [0.4, 0.5) is 13.6 Å². The number of nitrogens with zero attached hydrogens (tertiary/aromatic N) is 1. The molecule has 0 saturated carbocycles. The third kappa shape index (κ3) is 11.3. The van der Waals surface area contributed by atoms with E-state index in [4.69, 9.17) is 14.2 Å². The topological polar surface area (TPSA) is 85.3 Å². The van der Waals surface area contributed by atoms with Crippen LogP contribution in [-0.4, -0.2) is 60.4 Å². The van der Waals surface area contributed by atoms with Crippen LogP contribution in [0.3, 0.4) is 0 Å². The fraction of sp³-hybridized carbons (Fsp3) is 0.462. The van der Waals surface area contributed by atoms with Gasteiger partial charge in [-0.1, -0.05) is 28.1 Å². The van der Waals surface area contributed by atoms with Gasteiger partial charge in [0.25, 0.3) is 0 Å². The highest BCUT2D eigenvalue weighted by atomic mass is 79.9. The lowest BCUT2D eigenvalue weighted by molar-refractivity contribution is -0.149. The molecule has 0 aliphatic carbocycles. The highest BCUT2D eigenvalue weighted by Gasteiger charge is 2.21. The predicted octanol–water partition coefficient (Wildman–Crippen LogP) is 6.19. The van der Waals surface area contributed by atoms with E-state index in [1.807, 2.05) is 0 Å². The van der Waals surface area contributed by atoms with Gasteiger partial charge in [0.05, 0.1) is 6.54 Å². The normalized spacial score (nSPS) is 12.1. The second kappa shape index (κ2) is 14.7. The Kier molecular flexibility index (Phi) is 12.1. The molecule has 36 heavy (non-hydrogen) atoms. The number of unbranched alkanes of at least 4 members (excludes halogenated alkanes) is 1. The summed E-state index contributed by atoms with van der Waals surface area (Å²) < 4.78 is 43.5. The van der Waals surface area contributed by atoms with Crippen molar-refractivity contribution in [1.29, 1.82) is 0 Å². The minimum absolute atomic E-state index is 0.162. The number of hydrogen-bond donors (Lipinski definition) is 1. The van der Waals surface area contributed by atoms with Gasteiger partial charge in [0.1, 0.15) is 18.1 Å². The second-order valence-corrected chi connectivity index (χ2v) is 9.23. The van der Waals surface area contributed by atoms with Crippen LogP contribution in [0.15, 0.2) is 53.0 Å². The van der Waals surface area contributed by atoms with Crippen LogP contribution < -0.4 is 9.47 Å². The maximum atomic E-state index is 13.1. The van der Waals surface area contributed by atoms with Crippen molar-refractivity contribution in [3.8, 4) is 11.5 Å². The van der Waals surface area contributed by atoms with Gasteiger partial charge in [-0.15, -0.1) is 0 Å². The Hall–Kier alpha value is -2.72. The van der Waals surface area contributed by atoms with Crippen molar-refractivity contribution < 1.29 is 37.7 Å². The van der Waals surface area contributed by atoms with Crippen LogP contribution >= 0.6 is 15.9 Å². The fourth-order valence-electron chi connectivity index (χ4n) is 3.33. The molecule has 0 aromatic heterocycles. The van der Waals surface area contributed by atoms with Crippen molar-refractivity contribution in [1.82, 2.24) is 4.90 Å². The first kappa shape index (κ1) is 29.5. The van der Waals surface area contributed by atoms with Crippen molar-refractivity contribution in [3.05, 3.63) is 58.6 Å². The molecule has 198 valence electrons. The highest BCUT2D eigenvalue weighted by Crippen LogP contribution is 2.21. The Morgan fingerprint density at radius 3 is 2.25 bits per heavy atom. The zero-order chi connectivity index (χ0) is 26.6. The quantitative estimate of drug-likeness (QED) is 0.257. The SMILES string of the molecule is CCOC(Cc1ccc(OCCN(CCCCC(C)(F)F)C(=O)Oc2ccc(Br)cc2)cc1)C(=O)O. The number of amides is 1. The second-order valence-electron chi connectivity index (χ2n) is 8.32. The van der Waals surface area contributed by atoms with Gasteiger partial charge in [-0.2, -0.15) is 0 Å². The highest BCUT2D eigenvalue weighted by molar-refractivity contribution is 9.10. The van der Waals surface area contributed by atoms with Crippen molar-refractivity contribution >= 4 is 28.0 Å². The lowest BCUT2D eigenvalue weighted by Crippen LogP contribution is -2.37. The average Bonchev–Trinajstić information content (AvgIpc) is 2.82. The molecule has 0 aliphatic heterocycles. The lowest BCUT2D eigenvalue weighted by atomic mass is 10.1. The smallest absolute Gasteiger partial charge is 0.415 e. The number of aliphatic carboxylic acids is 1. The molecule has 0 spiro atoms. The molecule has 0 aliphatic rings. The Bertz CT molecular complexity index is 950. The Balaban J connectivity index is 1.92. The molecule has 2 rings (SSSR count). The standard InChI is InChI=1S/C26H32BrF2NO6/c1-3-34-23(24(31)32)18-19-6-10-21(11-7-19)35-17-16-30(15-5-4-14-26(2,28)29)25(33)36-22-12-8-20(27)9-13-22/h6-13,23H,3-5,14-18H2,1-2H3,(H,31,32). The largest absolute Gasteiger partial charge is 0.492 e. The van der Waals surface area contributed by atoms with Gasteiger partial charge in [-0.25, -0.2) is 18.4 Å². The van der Waals surface area contributed by atoms with E-state index in [9.17, 15) is 23.5 Å². The van der Waals surface area contributed by atoms with Crippen LogP contribution in [0.1, 0.15) is 38.7 Å². The average molecular weight is 572 g/mol. The third-order valence-electron chi connectivity index (χ3n) is 5.19. The van der Waals surface area contributed by atoms with Crippen LogP contribution in [0, 0.1) is 0 Å². The molecule has 1 amide bonds. The maximum absolute atomic E-state index is 13.1. The number of hydrogen-bond acceptors (Lipinski definition) is 5. The number of alkyl halides is 2. The summed E-state index contributed by atoms with van der Waals surface area (Å²) >= 11 is 3.32. The molecule has 1 atom stereocenters. The zero-order valence-corrected chi connectivity index (χ0v) is 22.0. The number of halogens is 3. The lowest BCUT2D eigenvalue weighted by Gasteiger charge is -2.22. The van der Waals surface area contributed by atoms with Gasteiger partial charge < -0.3 is 24.2 Å². The van der Waals surface area contributed by atoms with Crippen LogP contribution in [-0.2, 0) is 16.0 Å². The predicted molar refractivity (Wildman–Crippen MR) is 135 cm³/mol. The number of carboxylic acid groups (broad SMARTS) is 1. The van der Waals surface area contributed by atoms with Crippen LogP contribution in [0.2, 0.25) is 0 Å². The van der Waals surface area contributed by atoms with E-state index < -0.39 is 24.1 Å². The van der Waals surface area contributed by atoms with E-state index in [0.717, 1.165) is 17.0 Å². The zero-order valence-electron chi connectivity index (χ0n) is 20.4. The number of carbonyl (C=O) groups is 2. The molecule has 0 fully saturated rings. The third-order valence-corrected chi connectivity index (χ3v) is 5.72. The first-order valence-corrected chi connectivity index (χ1v) is 12.5. The van der Waals surface area contributed by atoms with E-state index >= 15 is 0 Å². The molecule has 2 aromatic rings. The maximum Gasteiger partial charge on any atom is 0.415 e. The van der Waals surface area contributed by atoms with Gasteiger partial charge in [0, 0.05) is 30.5 Å². The molecule has 7 nitrogen and oxygen atoms in total. The van der Waals surface area contributed by atoms with Gasteiger partial charge in [-0.05, 0) is 68.7 Å². The van der Waals surface area contributed by atoms with Crippen LogP contribution in [0.5, 0.6) is 11.5 Å². The van der Waals surface area contributed by atoms with E-state index in [1.54, 1.807) is 55.5 Å². The molecule has 2 aromatic carbocycles. The van der Waals surface area contributed by atoms with Gasteiger partial charge in [0.2, 0.25) is 5.92 Å². The molecular weight excluding hydrogens is 540 g/mol. The molecule has 0 radical (unpaired) electrons. The monoisotopic (exact) mass is 571 g/mol. The summed E-state index contributed by atoms with van der Waals surface area (Å²) in [7, 11) is 0. The summed E-state index contributed by atoms with van der Waals surface area (Å²) in [5, 5.41) is 9.22. The minimum Gasteiger partial charge on any atom is -0.492 e. The summed E-state index contributed by atoms with van der Waals surface area (Å²) in [6.07, 6.45) is -0.853. The van der Waals surface area contributed by atoms with Gasteiger partial charge in [0.15, 0.2) is 6.10 Å². The van der Waals surface area contributed by atoms with Gasteiger partial charge >= 0.3 is 12.1 Å². The number of benzene rings is 2.